The molecule has 7 nitrogen and oxygen atoms in total. The van der Waals surface area contributed by atoms with Gasteiger partial charge >= 0.3 is 13.2 Å². The highest BCUT2D eigenvalue weighted by molar-refractivity contribution is 6.62. The van der Waals surface area contributed by atoms with Crippen molar-refractivity contribution in [2.45, 2.75) is 78.1 Å². The summed E-state index contributed by atoms with van der Waals surface area (Å²) in [7, 11) is -1.06. The molecule has 10 heteroatoms. The summed E-state index contributed by atoms with van der Waals surface area (Å²) < 4.78 is 46.7. The summed E-state index contributed by atoms with van der Waals surface area (Å²) in [6, 6.07) is 2.64. The maximum absolute atomic E-state index is 14.9. The zero-order valence-electron chi connectivity index (χ0n) is 21.1. The molecule has 188 valence electrons. The average Bonchev–Trinajstić information content (AvgIpc) is 2.94. The molecule has 0 aliphatic carbocycles. The molecule has 0 atom stereocenters. The predicted octanol–water partition coefficient (Wildman–Crippen LogP) is 3.64. The summed E-state index contributed by atoms with van der Waals surface area (Å²) in [5.41, 5.74) is -2.35. The summed E-state index contributed by atoms with van der Waals surface area (Å²) in [6.45, 7) is 13.9. The third-order valence-electron chi connectivity index (χ3n) is 6.69. The van der Waals surface area contributed by atoms with E-state index in [1.165, 1.54) is 17.0 Å². The van der Waals surface area contributed by atoms with Gasteiger partial charge in [-0.2, -0.15) is 0 Å². The van der Waals surface area contributed by atoms with Crippen LogP contribution in [0.25, 0.3) is 0 Å². The van der Waals surface area contributed by atoms with Crippen LogP contribution < -0.4 is 10.8 Å². The zero-order valence-corrected chi connectivity index (χ0v) is 21.1. The summed E-state index contributed by atoms with van der Waals surface area (Å²) in [4.78, 5) is 26.2. The van der Waals surface area contributed by atoms with Gasteiger partial charge in [-0.1, -0.05) is 6.07 Å². The van der Waals surface area contributed by atoms with Gasteiger partial charge in [0.05, 0.1) is 16.8 Å². The number of hydrogen-bond donors (Lipinski definition) is 1. The van der Waals surface area contributed by atoms with Gasteiger partial charge < -0.3 is 24.3 Å². The molecule has 0 radical (unpaired) electrons. The molecule has 2 fully saturated rings. The second-order valence-electron chi connectivity index (χ2n) is 11.0. The number of piperidine rings is 1. The van der Waals surface area contributed by atoms with Gasteiger partial charge in [0.15, 0.2) is 11.6 Å². The second kappa shape index (κ2) is 9.45. The highest BCUT2D eigenvalue weighted by Gasteiger charge is 2.52. The Kier molecular flexibility index (Phi) is 7.34. The SMILES string of the molecule is CC(C)(C)OC(=O)NCC1CCN(C(=O)c2ccc(B3OC(C)(C)C(C)(C)O3)c(F)c2F)CC1. The fraction of sp³-hybridized carbons (Fsp3) is 0.667. The first-order valence-corrected chi connectivity index (χ1v) is 11.7. The van der Waals surface area contributed by atoms with Gasteiger partial charge in [0, 0.05) is 25.1 Å². The molecule has 34 heavy (non-hydrogen) atoms. The maximum atomic E-state index is 14.9. The van der Waals surface area contributed by atoms with Crippen LogP contribution in [-0.4, -0.2) is 60.5 Å². The number of ether oxygens (including phenoxy) is 1. The molecule has 1 aromatic rings. The van der Waals surface area contributed by atoms with Crippen LogP contribution in [0.3, 0.4) is 0 Å². The number of hydrogen-bond acceptors (Lipinski definition) is 5. The van der Waals surface area contributed by atoms with Crippen molar-refractivity contribution in [3.05, 3.63) is 29.3 Å². The predicted molar refractivity (Wildman–Crippen MR) is 125 cm³/mol. The third-order valence-corrected chi connectivity index (χ3v) is 6.69. The number of rotatable bonds is 4. The Balaban J connectivity index is 1.60. The Bertz CT molecular complexity index is 924. The summed E-state index contributed by atoms with van der Waals surface area (Å²) in [6.07, 6.45) is 0.792. The quantitative estimate of drug-likeness (QED) is 0.667. The number of amides is 2. The van der Waals surface area contributed by atoms with Gasteiger partial charge in [-0.05, 0) is 73.3 Å². The fourth-order valence-corrected chi connectivity index (χ4v) is 3.93. The van der Waals surface area contributed by atoms with Gasteiger partial charge in [-0.3, -0.25) is 4.79 Å². The molecule has 0 aromatic heterocycles. The van der Waals surface area contributed by atoms with Crippen molar-refractivity contribution in [3.63, 3.8) is 0 Å². The lowest BCUT2D eigenvalue weighted by Crippen LogP contribution is -2.43. The number of benzene rings is 1. The highest BCUT2D eigenvalue weighted by Crippen LogP contribution is 2.36. The van der Waals surface area contributed by atoms with Crippen molar-refractivity contribution >= 4 is 24.6 Å². The Labute approximate surface area is 200 Å². The Morgan fingerprint density at radius 2 is 1.65 bits per heavy atom. The fourth-order valence-electron chi connectivity index (χ4n) is 3.93. The van der Waals surface area contributed by atoms with Gasteiger partial charge in [0.2, 0.25) is 0 Å². The number of nitrogens with one attached hydrogen (secondary N) is 1. The molecule has 0 saturated carbocycles. The van der Waals surface area contributed by atoms with Crippen molar-refractivity contribution < 1.29 is 32.4 Å². The van der Waals surface area contributed by atoms with E-state index in [1.54, 1.807) is 20.8 Å². The lowest BCUT2D eigenvalue weighted by molar-refractivity contribution is 0.00578. The minimum Gasteiger partial charge on any atom is -0.444 e. The monoisotopic (exact) mass is 480 g/mol. The topological polar surface area (TPSA) is 77.1 Å². The molecule has 1 N–H and O–H groups in total. The number of alkyl carbamates (subject to hydrolysis) is 1. The van der Waals surface area contributed by atoms with E-state index < -0.39 is 47.6 Å². The molecular weight excluding hydrogens is 445 g/mol. The summed E-state index contributed by atoms with van der Waals surface area (Å²) in [5.74, 6) is -2.73. The van der Waals surface area contributed by atoms with Crippen molar-refractivity contribution in [2.24, 2.45) is 5.92 Å². The molecule has 2 aliphatic heterocycles. The van der Waals surface area contributed by atoms with Crippen LogP contribution >= 0.6 is 0 Å². The van der Waals surface area contributed by atoms with Crippen molar-refractivity contribution in [1.29, 1.82) is 0 Å². The number of likely N-dealkylation sites (tertiary alicyclic amines) is 1. The Morgan fingerprint density at radius 3 is 2.18 bits per heavy atom. The minimum atomic E-state index is -1.20. The largest absolute Gasteiger partial charge is 0.497 e. The van der Waals surface area contributed by atoms with Crippen LogP contribution in [0.1, 0.15) is 71.7 Å². The van der Waals surface area contributed by atoms with Gasteiger partial charge in [-0.25, -0.2) is 13.6 Å². The number of carbonyl (C=O) groups excluding carboxylic acids is 2. The normalized spacial score (nSPS) is 20.4. The minimum absolute atomic E-state index is 0.0698. The van der Waals surface area contributed by atoms with E-state index in [1.807, 2.05) is 27.7 Å². The van der Waals surface area contributed by atoms with E-state index in [4.69, 9.17) is 14.0 Å². The van der Waals surface area contributed by atoms with E-state index in [0.29, 0.717) is 32.5 Å². The molecule has 0 unspecified atom stereocenters. The van der Waals surface area contributed by atoms with Crippen molar-refractivity contribution in [1.82, 2.24) is 10.2 Å². The Hall–Kier alpha value is -2.20. The number of carbonyl (C=O) groups is 2. The van der Waals surface area contributed by atoms with E-state index in [-0.39, 0.29) is 16.9 Å². The number of halogens is 2. The molecular formula is C24H35BF2N2O5. The van der Waals surface area contributed by atoms with Gasteiger partial charge in [0.25, 0.3) is 5.91 Å². The summed E-state index contributed by atoms with van der Waals surface area (Å²) >= 11 is 0. The highest BCUT2D eigenvalue weighted by atomic mass is 19.2. The first-order chi connectivity index (χ1) is 15.6. The smallest absolute Gasteiger partial charge is 0.444 e. The van der Waals surface area contributed by atoms with Crippen molar-refractivity contribution in [2.75, 3.05) is 19.6 Å². The van der Waals surface area contributed by atoms with Gasteiger partial charge in [0.1, 0.15) is 5.60 Å². The molecule has 0 bridgehead atoms. The van der Waals surface area contributed by atoms with E-state index in [9.17, 15) is 18.4 Å². The lowest BCUT2D eigenvalue weighted by atomic mass is 9.78. The molecule has 2 amide bonds. The van der Waals surface area contributed by atoms with E-state index >= 15 is 0 Å². The molecule has 0 spiro atoms. The van der Waals surface area contributed by atoms with Crippen LogP contribution in [-0.2, 0) is 14.0 Å². The van der Waals surface area contributed by atoms with E-state index in [2.05, 4.69) is 5.32 Å². The third kappa shape index (κ3) is 5.71. The van der Waals surface area contributed by atoms with E-state index in [0.717, 1.165) is 0 Å². The maximum Gasteiger partial charge on any atom is 0.497 e. The van der Waals surface area contributed by atoms with Crippen LogP contribution in [0, 0.1) is 17.6 Å². The molecule has 2 saturated heterocycles. The standard InChI is InChI=1S/C24H35BF2N2O5/c1-22(2,3)32-21(31)28-14-15-10-12-29(13-11-15)20(30)16-8-9-17(19(27)18(16)26)25-33-23(4,5)24(6,7)34-25/h8-9,15H,10-14H2,1-7H3,(H,28,31). The van der Waals surface area contributed by atoms with Crippen LogP contribution in [0.15, 0.2) is 12.1 Å². The molecule has 3 rings (SSSR count). The first kappa shape index (κ1) is 26.4. The zero-order chi connectivity index (χ0) is 25.5. The van der Waals surface area contributed by atoms with Crippen LogP contribution in [0.5, 0.6) is 0 Å². The second-order valence-corrected chi connectivity index (χ2v) is 11.0. The summed E-state index contributed by atoms with van der Waals surface area (Å²) in [5, 5.41) is 2.75. The number of nitrogens with zero attached hydrogens (tertiary/aromatic N) is 1. The van der Waals surface area contributed by atoms with Crippen molar-refractivity contribution in [3.8, 4) is 0 Å². The Morgan fingerprint density at radius 1 is 1.09 bits per heavy atom. The van der Waals surface area contributed by atoms with Crippen LogP contribution in [0.4, 0.5) is 13.6 Å². The lowest BCUT2D eigenvalue weighted by Gasteiger charge is -2.32. The van der Waals surface area contributed by atoms with Crippen LogP contribution in [0.2, 0.25) is 0 Å². The molecule has 2 aliphatic rings. The van der Waals surface area contributed by atoms with Gasteiger partial charge in [-0.15, -0.1) is 0 Å². The first-order valence-electron chi connectivity index (χ1n) is 11.7. The average molecular weight is 480 g/mol. The molecule has 1 aromatic carbocycles. The molecule has 2 heterocycles.